The van der Waals surface area contributed by atoms with Crippen LogP contribution >= 0.6 is 0 Å². The Kier molecular flexibility index (Phi) is 7.23. The first-order chi connectivity index (χ1) is 17.4. The number of hydrogen-bond acceptors (Lipinski definition) is 6. The Morgan fingerprint density at radius 3 is 2.72 bits per heavy atom. The molecule has 36 heavy (non-hydrogen) atoms. The molecule has 7 nitrogen and oxygen atoms in total. The van der Waals surface area contributed by atoms with E-state index in [1.807, 2.05) is 44.3 Å². The highest BCUT2D eigenvalue weighted by Gasteiger charge is 2.27. The number of piperidine rings is 1. The minimum Gasteiger partial charge on any atom is -0.493 e. The number of anilines is 1. The topological polar surface area (TPSA) is 83.9 Å². The van der Waals surface area contributed by atoms with Crippen molar-refractivity contribution in [2.24, 2.45) is 5.92 Å². The summed E-state index contributed by atoms with van der Waals surface area (Å²) < 4.78 is 11.2. The number of likely N-dealkylation sites (tertiary alicyclic amines) is 1. The largest absolute Gasteiger partial charge is 0.493 e. The molecule has 2 N–H and O–H groups in total. The first-order valence-electron chi connectivity index (χ1n) is 12.8. The number of hydrogen-bond donors (Lipinski definition) is 2. The molecular formula is C29H35N3O4. The molecule has 1 aromatic heterocycles. The van der Waals surface area contributed by atoms with Crippen LogP contribution in [-0.2, 0) is 11.3 Å². The standard InChI is InChI=1S/C29H35N3O4/c1-20-26(31-28(33)23-3-6-25(7-4-23)36-19-21-9-14-35-18-21)8-5-24-15-22(16-30-27(20)24)17-32-12-10-29(2,34)11-13-32/h3-8,15-16,21,34H,9-14,17-19H2,1-2H3,(H,31,33). The summed E-state index contributed by atoms with van der Waals surface area (Å²) in [5.41, 5.74) is 3.78. The number of carbonyl (C=O) groups is 1. The van der Waals surface area contributed by atoms with E-state index in [-0.39, 0.29) is 5.91 Å². The Balaban J connectivity index is 1.21. The van der Waals surface area contributed by atoms with E-state index in [9.17, 15) is 9.90 Å². The van der Waals surface area contributed by atoms with E-state index >= 15 is 0 Å². The smallest absolute Gasteiger partial charge is 0.255 e. The zero-order valence-corrected chi connectivity index (χ0v) is 21.1. The van der Waals surface area contributed by atoms with E-state index in [4.69, 9.17) is 14.5 Å². The molecule has 3 heterocycles. The van der Waals surface area contributed by atoms with Crippen molar-refractivity contribution in [1.29, 1.82) is 0 Å². The maximum absolute atomic E-state index is 12.9. The van der Waals surface area contributed by atoms with Crippen LogP contribution in [0.15, 0.2) is 48.7 Å². The minimum absolute atomic E-state index is 0.161. The molecule has 1 atom stereocenters. The zero-order chi connectivity index (χ0) is 25.1. The quantitative estimate of drug-likeness (QED) is 0.506. The highest BCUT2D eigenvalue weighted by atomic mass is 16.5. The lowest BCUT2D eigenvalue weighted by molar-refractivity contribution is -0.00731. The normalized spacial score (nSPS) is 19.9. The van der Waals surface area contributed by atoms with Crippen LogP contribution in [0.3, 0.4) is 0 Å². The molecule has 2 aliphatic heterocycles. The van der Waals surface area contributed by atoms with Crippen LogP contribution < -0.4 is 10.1 Å². The molecule has 1 amide bonds. The second-order valence-electron chi connectivity index (χ2n) is 10.4. The van der Waals surface area contributed by atoms with Crippen LogP contribution in [0, 0.1) is 12.8 Å². The van der Waals surface area contributed by atoms with Crippen molar-refractivity contribution in [3.63, 3.8) is 0 Å². The number of nitrogens with one attached hydrogen (secondary N) is 1. The van der Waals surface area contributed by atoms with Crippen molar-refractivity contribution in [2.75, 3.05) is 38.2 Å². The van der Waals surface area contributed by atoms with Gasteiger partial charge in [-0.15, -0.1) is 0 Å². The van der Waals surface area contributed by atoms with Gasteiger partial charge in [0.05, 0.1) is 24.3 Å². The summed E-state index contributed by atoms with van der Waals surface area (Å²) in [5, 5.41) is 14.3. The lowest BCUT2D eigenvalue weighted by Gasteiger charge is -2.35. The first kappa shape index (κ1) is 24.7. The van der Waals surface area contributed by atoms with Gasteiger partial charge < -0.3 is 19.9 Å². The molecule has 0 spiro atoms. The van der Waals surface area contributed by atoms with Crippen molar-refractivity contribution in [2.45, 2.75) is 45.3 Å². The molecule has 5 rings (SSSR count). The summed E-state index contributed by atoms with van der Waals surface area (Å²) in [6, 6.07) is 13.4. The Bertz CT molecular complexity index is 1210. The van der Waals surface area contributed by atoms with Crippen LogP contribution in [0.2, 0.25) is 0 Å². The third kappa shape index (κ3) is 5.86. The number of amides is 1. The molecule has 0 radical (unpaired) electrons. The van der Waals surface area contributed by atoms with Crippen molar-refractivity contribution in [3.05, 3.63) is 65.4 Å². The number of benzene rings is 2. The Morgan fingerprint density at radius 1 is 1.22 bits per heavy atom. The molecule has 0 saturated carbocycles. The van der Waals surface area contributed by atoms with Gasteiger partial charge in [-0.05, 0) is 80.6 Å². The Hall–Kier alpha value is -3.00. The molecule has 2 fully saturated rings. The first-order valence-corrected chi connectivity index (χ1v) is 12.8. The Morgan fingerprint density at radius 2 is 2.00 bits per heavy atom. The average molecular weight is 490 g/mol. The lowest BCUT2D eigenvalue weighted by Crippen LogP contribution is -2.41. The van der Waals surface area contributed by atoms with E-state index in [0.717, 1.165) is 85.6 Å². The summed E-state index contributed by atoms with van der Waals surface area (Å²) in [7, 11) is 0. The zero-order valence-electron chi connectivity index (χ0n) is 21.1. The van der Waals surface area contributed by atoms with Gasteiger partial charge in [-0.3, -0.25) is 14.7 Å². The molecule has 190 valence electrons. The second kappa shape index (κ2) is 10.5. The van der Waals surface area contributed by atoms with E-state index < -0.39 is 5.60 Å². The molecule has 3 aromatic rings. The van der Waals surface area contributed by atoms with Crippen LogP contribution in [0.25, 0.3) is 10.9 Å². The fraction of sp³-hybridized carbons (Fsp3) is 0.448. The van der Waals surface area contributed by atoms with Gasteiger partial charge in [-0.2, -0.15) is 0 Å². The maximum Gasteiger partial charge on any atom is 0.255 e. The van der Waals surface area contributed by atoms with Gasteiger partial charge in [0.15, 0.2) is 0 Å². The Labute approximate surface area is 212 Å². The summed E-state index contributed by atoms with van der Waals surface area (Å²) >= 11 is 0. The fourth-order valence-electron chi connectivity index (χ4n) is 4.89. The molecule has 2 aromatic carbocycles. The van der Waals surface area contributed by atoms with Crippen molar-refractivity contribution in [3.8, 4) is 5.75 Å². The summed E-state index contributed by atoms with van der Waals surface area (Å²) in [4.78, 5) is 20.0. The van der Waals surface area contributed by atoms with Crippen molar-refractivity contribution < 1.29 is 19.4 Å². The van der Waals surface area contributed by atoms with Crippen LogP contribution in [0.4, 0.5) is 5.69 Å². The van der Waals surface area contributed by atoms with Gasteiger partial charge in [0, 0.05) is 55.0 Å². The predicted molar refractivity (Wildman–Crippen MR) is 140 cm³/mol. The van der Waals surface area contributed by atoms with Gasteiger partial charge in [0.1, 0.15) is 5.75 Å². The molecule has 2 aliphatic rings. The predicted octanol–water partition coefficient (Wildman–Crippen LogP) is 4.56. The van der Waals surface area contributed by atoms with Crippen LogP contribution in [-0.4, -0.2) is 59.4 Å². The van der Waals surface area contributed by atoms with Gasteiger partial charge in [0.25, 0.3) is 5.91 Å². The van der Waals surface area contributed by atoms with E-state index in [2.05, 4.69) is 16.3 Å². The number of nitrogens with zero attached hydrogens (tertiary/aromatic N) is 2. The van der Waals surface area contributed by atoms with Gasteiger partial charge in [-0.25, -0.2) is 0 Å². The number of fused-ring (bicyclic) bond motifs is 1. The average Bonchev–Trinajstić information content (AvgIpc) is 3.40. The number of carbonyl (C=O) groups excluding carboxylic acids is 1. The highest BCUT2D eigenvalue weighted by molar-refractivity contribution is 6.06. The van der Waals surface area contributed by atoms with E-state index in [1.54, 1.807) is 12.1 Å². The number of ether oxygens (including phenoxy) is 2. The number of aryl methyl sites for hydroxylation is 1. The number of aromatic nitrogens is 1. The van der Waals surface area contributed by atoms with Crippen molar-refractivity contribution >= 4 is 22.5 Å². The summed E-state index contributed by atoms with van der Waals surface area (Å²) in [6.45, 7) is 8.70. The van der Waals surface area contributed by atoms with Gasteiger partial charge >= 0.3 is 0 Å². The summed E-state index contributed by atoms with van der Waals surface area (Å²) in [5.74, 6) is 1.04. The van der Waals surface area contributed by atoms with E-state index in [0.29, 0.717) is 18.1 Å². The minimum atomic E-state index is -0.545. The van der Waals surface area contributed by atoms with Gasteiger partial charge in [-0.1, -0.05) is 6.07 Å². The number of rotatable bonds is 7. The third-order valence-electron chi connectivity index (χ3n) is 7.38. The SMILES string of the molecule is Cc1c(NC(=O)c2ccc(OCC3CCOC3)cc2)ccc2cc(CN3CCC(C)(O)CC3)cnc12. The fourth-order valence-corrected chi connectivity index (χ4v) is 4.89. The number of pyridine rings is 1. The second-order valence-corrected chi connectivity index (χ2v) is 10.4. The van der Waals surface area contributed by atoms with Crippen molar-refractivity contribution in [1.82, 2.24) is 9.88 Å². The van der Waals surface area contributed by atoms with Crippen LogP contribution in [0.1, 0.15) is 47.7 Å². The lowest BCUT2D eigenvalue weighted by atomic mass is 9.93. The molecule has 0 aliphatic carbocycles. The molecular weight excluding hydrogens is 454 g/mol. The number of aliphatic hydroxyl groups is 1. The monoisotopic (exact) mass is 489 g/mol. The van der Waals surface area contributed by atoms with Gasteiger partial charge in [0.2, 0.25) is 0 Å². The maximum atomic E-state index is 12.9. The third-order valence-corrected chi connectivity index (χ3v) is 7.38. The highest BCUT2D eigenvalue weighted by Crippen LogP contribution is 2.27. The van der Waals surface area contributed by atoms with E-state index in [1.165, 1.54) is 0 Å². The molecule has 1 unspecified atom stereocenters. The summed E-state index contributed by atoms with van der Waals surface area (Å²) in [6.07, 6.45) is 4.54. The molecule has 2 saturated heterocycles. The molecule has 0 bridgehead atoms. The van der Waals surface area contributed by atoms with Crippen LogP contribution in [0.5, 0.6) is 5.75 Å². The molecule has 7 heteroatoms.